The summed E-state index contributed by atoms with van der Waals surface area (Å²) in [6, 6.07) is 19.4. The first-order valence-corrected chi connectivity index (χ1v) is 15.1. The number of piperidine rings is 1. The van der Waals surface area contributed by atoms with Gasteiger partial charge in [0.25, 0.3) is 11.8 Å². The zero-order valence-corrected chi connectivity index (χ0v) is 26.3. The zero-order valence-electron chi connectivity index (χ0n) is 23.2. The van der Waals surface area contributed by atoms with Crippen molar-refractivity contribution in [2.75, 3.05) is 13.1 Å². The van der Waals surface area contributed by atoms with E-state index >= 15 is 0 Å². The van der Waals surface area contributed by atoms with Crippen molar-refractivity contribution in [1.82, 2.24) is 25.5 Å². The van der Waals surface area contributed by atoms with Gasteiger partial charge in [0, 0.05) is 50.9 Å². The second-order valence-corrected chi connectivity index (χ2v) is 12.0. The number of halogens is 4. The summed E-state index contributed by atoms with van der Waals surface area (Å²) in [5, 5.41) is 12.7. The first-order valence-electron chi connectivity index (χ1n) is 13.6. The van der Waals surface area contributed by atoms with Gasteiger partial charge in [0.05, 0.1) is 22.8 Å². The largest absolute Gasteiger partial charge is 0.368 e. The number of aromatic nitrogens is 2. The van der Waals surface area contributed by atoms with Gasteiger partial charge in [0.2, 0.25) is 5.96 Å². The van der Waals surface area contributed by atoms with Crippen LogP contribution in [0.15, 0.2) is 71.8 Å². The molecule has 0 unspecified atom stereocenters. The van der Waals surface area contributed by atoms with Gasteiger partial charge in [-0.1, -0.05) is 58.5 Å². The van der Waals surface area contributed by atoms with Gasteiger partial charge in [-0.25, -0.2) is 11.4 Å². The Bertz CT molecular complexity index is 1700. The minimum absolute atomic E-state index is 0.121. The molecule has 0 aliphatic carbocycles. The van der Waals surface area contributed by atoms with Gasteiger partial charge in [-0.15, -0.1) is 5.10 Å². The van der Waals surface area contributed by atoms with Gasteiger partial charge in [-0.3, -0.25) is 19.6 Å². The lowest BCUT2D eigenvalue weighted by molar-refractivity contribution is 0.0711. The van der Waals surface area contributed by atoms with Crippen molar-refractivity contribution in [1.29, 1.82) is 0 Å². The molecule has 0 spiro atoms. The van der Waals surface area contributed by atoms with E-state index in [2.05, 4.69) is 16.5 Å². The highest BCUT2D eigenvalue weighted by molar-refractivity contribution is 6.37. The molecule has 6 N–H and O–H groups in total. The van der Waals surface area contributed by atoms with E-state index in [1.807, 2.05) is 39.4 Å². The topological polar surface area (TPSA) is 144 Å². The third kappa shape index (κ3) is 7.46. The average Bonchev–Trinajstić information content (AvgIpc) is 3.40. The van der Waals surface area contributed by atoms with Crippen LogP contribution >= 0.6 is 46.4 Å². The molecule has 4 aromatic rings. The molecule has 5 rings (SSSR count). The number of hydrogen-bond donors (Lipinski definition) is 4. The number of nitrogens with two attached hydrogens (primary N) is 2. The number of hydrazine groups is 1. The molecule has 0 radical (unpaired) electrons. The van der Waals surface area contributed by atoms with Gasteiger partial charge in [-0.2, -0.15) is 5.10 Å². The molecule has 1 aromatic heterocycles. The summed E-state index contributed by atoms with van der Waals surface area (Å²) in [7, 11) is 0. The fourth-order valence-corrected chi connectivity index (χ4v) is 6.18. The summed E-state index contributed by atoms with van der Waals surface area (Å²) >= 11 is 24.9. The minimum atomic E-state index is -0.422. The molecule has 14 heteroatoms. The van der Waals surface area contributed by atoms with E-state index in [9.17, 15) is 9.59 Å². The van der Waals surface area contributed by atoms with E-state index in [4.69, 9.17) is 63.1 Å². The lowest BCUT2D eigenvalue weighted by Gasteiger charge is -2.32. The van der Waals surface area contributed by atoms with Crippen LogP contribution < -0.4 is 22.4 Å². The Kier molecular flexibility index (Phi) is 9.97. The smallest absolute Gasteiger partial charge is 0.257 e. The number of carbonyl (C=O) groups excluding carboxylic acids is 2. The van der Waals surface area contributed by atoms with Crippen molar-refractivity contribution in [3.05, 3.63) is 109 Å². The maximum absolute atomic E-state index is 13.2. The van der Waals surface area contributed by atoms with Crippen LogP contribution in [0.25, 0.3) is 11.3 Å². The highest BCUT2D eigenvalue weighted by Crippen LogP contribution is 2.34. The highest BCUT2D eigenvalue weighted by Gasteiger charge is 2.28. The van der Waals surface area contributed by atoms with E-state index in [0.717, 1.165) is 35.4 Å². The summed E-state index contributed by atoms with van der Waals surface area (Å²) in [5.41, 5.74) is 11.9. The molecule has 3 aromatic carbocycles. The number of amides is 2. The molecule has 0 bridgehead atoms. The molecular formula is C30H28Cl4N8O2. The Balaban J connectivity index is 1.37. The van der Waals surface area contributed by atoms with Crippen LogP contribution in [-0.2, 0) is 6.54 Å². The van der Waals surface area contributed by atoms with Crippen LogP contribution in [0.2, 0.25) is 20.1 Å². The number of benzene rings is 3. The van der Waals surface area contributed by atoms with E-state index in [1.54, 1.807) is 36.4 Å². The molecule has 1 saturated heterocycles. The van der Waals surface area contributed by atoms with Crippen LogP contribution in [0.1, 0.15) is 50.7 Å². The maximum Gasteiger partial charge on any atom is 0.257 e. The van der Waals surface area contributed by atoms with E-state index in [0.29, 0.717) is 50.9 Å². The van der Waals surface area contributed by atoms with Crippen molar-refractivity contribution in [2.24, 2.45) is 16.7 Å². The fraction of sp³-hybridized carbons (Fsp3) is 0.200. The Labute approximate surface area is 273 Å². The van der Waals surface area contributed by atoms with Crippen molar-refractivity contribution in [3.8, 4) is 11.3 Å². The predicted octanol–water partition coefficient (Wildman–Crippen LogP) is 5.65. The van der Waals surface area contributed by atoms with E-state index in [1.165, 1.54) is 0 Å². The fourth-order valence-electron chi connectivity index (χ4n) is 5.16. The molecule has 1 aliphatic heterocycles. The number of carbonyl (C=O) groups is 2. The van der Waals surface area contributed by atoms with Gasteiger partial charge in [0.1, 0.15) is 0 Å². The maximum atomic E-state index is 13.2. The average molecular weight is 674 g/mol. The number of hydrogen-bond acceptors (Lipinski definition) is 6. The minimum Gasteiger partial charge on any atom is -0.368 e. The number of guanidine groups is 1. The van der Waals surface area contributed by atoms with Gasteiger partial charge in [-0.05, 0) is 73.0 Å². The summed E-state index contributed by atoms with van der Waals surface area (Å²) < 4.78 is 1.95. The molecule has 2 heterocycles. The molecule has 44 heavy (non-hydrogen) atoms. The summed E-state index contributed by atoms with van der Waals surface area (Å²) in [6.07, 6.45) is 1.47. The monoisotopic (exact) mass is 672 g/mol. The Morgan fingerprint density at radius 1 is 0.909 bits per heavy atom. The number of rotatable bonds is 7. The Morgan fingerprint density at radius 3 is 2.23 bits per heavy atom. The summed E-state index contributed by atoms with van der Waals surface area (Å²) in [6.45, 7) is 1.56. The molecule has 1 fully saturated rings. The molecule has 0 atom stereocenters. The lowest BCUT2D eigenvalue weighted by atomic mass is 9.92. The molecule has 2 amide bonds. The van der Waals surface area contributed by atoms with Crippen LogP contribution in [0, 0.1) is 0 Å². The number of nitrogens with zero attached hydrogens (tertiary/aromatic N) is 4. The SMILES string of the molecule is NN/N=C(\N)NC(=O)c1ccc(Cn2nc(-c3cc(Cl)cc(Cl)c3)cc2C2CCN(C(=O)c3ccc(Cl)cc3Cl)CC2)cc1. The molecular weight excluding hydrogens is 646 g/mol. The Hall–Kier alpha value is -3.80. The quantitative estimate of drug-likeness (QED) is 0.0864. The third-order valence-corrected chi connectivity index (χ3v) is 8.29. The Morgan fingerprint density at radius 2 is 1.59 bits per heavy atom. The molecule has 1 aliphatic rings. The van der Waals surface area contributed by atoms with Crippen molar-refractivity contribution in [2.45, 2.75) is 25.3 Å². The molecule has 10 nitrogen and oxygen atoms in total. The van der Waals surface area contributed by atoms with Crippen LogP contribution in [-0.4, -0.2) is 45.5 Å². The highest BCUT2D eigenvalue weighted by atomic mass is 35.5. The van der Waals surface area contributed by atoms with Crippen LogP contribution in [0.5, 0.6) is 0 Å². The first-order chi connectivity index (χ1) is 21.1. The van der Waals surface area contributed by atoms with Crippen molar-refractivity contribution >= 4 is 64.2 Å². The van der Waals surface area contributed by atoms with Crippen LogP contribution in [0.4, 0.5) is 0 Å². The van der Waals surface area contributed by atoms with Crippen molar-refractivity contribution in [3.63, 3.8) is 0 Å². The molecule has 0 saturated carbocycles. The van der Waals surface area contributed by atoms with Gasteiger partial charge < -0.3 is 10.6 Å². The van der Waals surface area contributed by atoms with E-state index < -0.39 is 5.91 Å². The normalized spacial score (nSPS) is 14.0. The summed E-state index contributed by atoms with van der Waals surface area (Å²) in [4.78, 5) is 27.5. The second-order valence-electron chi connectivity index (χ2n) is 10.2. The third-order valence-electron chi connectivity index (χ3n) is 7.31. The first kappa shape index (κ1) is 31.6. The van der Waals surface area contributed by atoms with Gasteiger partial charge in [0.15, 0.2) is 0 Å². The van der Waals surface area contributed by atoms with Crippen molar-refractivity contribution < 1.29 is 9.59 Å². The standard InChI is InChI=1S/C30H28Cl4N8O2/c31-21-5-6-24(25(34)14-21)29(44)41-9-7-18(8-10-41)27-15-26(20-11-22(32)13-23(33)12-20)39-42(27)16-17-1-3-19(4-2-17)28(43)37-30(35)38-40-36/h1-6,11-15,18,40H,7-10,16,36H2,(H3,35,37,38,43). The zero-order chi connectivity index (χ0) is 31.4. The number of likely N-dealkylation sites (tertiary alicyclic amines) is 1. The van der Waals surface area contributed by atoms with E-state index in [-0.39, 0.29) is 17.8 Å². The second kappa shape index (κ2) is 13.9. The van der Waals surface area contributed by atoms with Crippen LogP contribution in [0.3, 0.4) is 0 Å². The van der Waals surface area contributed by atoms with Gasteiger partial charge >= 0.3 is 0 Å². The molecule has 228 valence electrons. The number of hydrazone groups is 1. The summed E-state index contributed by atoms with van der Waals surface area (Å²) in [5.74, 6) is 4.54. The number of nitrogens with one attached hydrogen (secondary N) is 2. The predicted molar refractivity (Wildman–Crippen MR) is 174 cm³/mol. The lowest BCUT2D eigenvalue weighted by Crippen LogP contribution is -2.39.